The van der Waals surface area contributed by atoms with E-state index in [2.05, 4.69) is 4.74 Å². The number of ether oxygens (including phenoxy) is 3. The first-order valence-electron chi connectivity index (χ1n) is 6.39. The fraction of sp³-hybridized carbons (Fsp3) is 0.750. The molecule has 2 fully saturated rings. The van der Waals surface area contributed by atoms with Crippen LogP contribution >= 0.6 is 0 Å². The lowest BCUT2D eigenvalue weighted by Gasteiger charge is -2.35. The van der Waals surface area contributed by atoms with Crippen LogP contribution in [0.1, 0.15) is 12.8 Å². The number of rotatable bonds is 3. The molecule has 2 heterocycles. The van der Waals surface area contributed by atoms with E-state index >= 15 is 0 Å². The fourth-order valence-corrected chi connectivity index (χ4v) is 2.38. The summed E-state index contributed by atoms with van der Waals surface area (Å²) in [7, 11) is 1.24. The third kappa shape index (κ3) is 2.91. The van der Waals surface area contributed by atoms with Gasteiger partial charge < -0.3 is 24.2 Å². The monoisotopic (exact) mass is 287 g/mol. The number of aliphatic carboxylic acids is 1. The Kier molecular flexibility index (Phi) is 4.56. The van der Waals surface area contributed by atoms with Gasteiger partial charge in [0.15, 0.2) is 12.1 Å². The van der Waals surface area contributed by atoms with Crippen LogP contribution in [0.25, 0.3) is 0 Å². The molecule has 0 bridgehead atoms. The molecule has 0 radical (unpaired) electrons. The zero-order chi connectivity index (χ0) is 14.7. The number of amides is 1. The molecule has 20 heavy (non-hydrogen) atoms. The highest BCUT2D eigenvalue weighted by molar-refractivity contribution is 5.88. The van der Waals surface area contributed by atoms with E-state index in [1.54, 1.807) is 0 Å². The highest BCUT2D eigenvalue weighted by atomic mass is 16.5. The molecule has 8 nitrogen and oxygen atoms in total. The van der Waals surface area contributed by atoms with Crippen molar-refractivity contribution in [3.05, 3.63) is 0 Å². The van der Waals surface area contributed by atoms with E-state index in [0.717, 1.165) is 0 Å². The Morgan fingerprint density at radius 1 is 1.25 bits per heavy atom. The molecule has 2 saturated heterocycles. The molecule has 1 unspecified atom stereocenters. The van der Waals surface area contributed by atoms with Gasteiger partial charge in [-0.05, 0) is 12.8 Å². The van der Waals surface area contributed by atoms with Crippen molar-refractivity contribution in [2.45, 2.75) is 31.1 Å². The van der Waals surface area contributed by atoms with Crippen molar-refractivity contribution in [3.63, 3.8) is 0 Å². The van der Waals surface area contributed by atoms with Crippen LogP contribution in [0.15, 0.2) is 0 Å². The van der Waals surface area contributed by atoms with Crippen LogP contribution in [0.4, 0.5) is 0 Å². The number of nitrogens with zero attached hydrogens (tertiary/aromatic N) is 1. The zero-order valence-electron chi connectivity index (χ0n) is 11.1. The van der Waals surface area contributed by atoms with Crippen LogP contribution in [0.3, 0.4) is 0 Å². The maximum atomic E-state index is 12.3. The number of carboxylic acids is 1. The van der Waals surface area contributed by atoms with Crippen LogP contribution in [0.2, 0.25) is 0 Å². The van der Waals surface area contributed by atoms with Gasteiger partial charge in [-0.25, -0.2) is 9.59 Å². The third-order valence-electron chi connectivity index (χ3n) is 3.46. The lowest BCUT2D eigenvalue weighted by atomic mass is 10.1. The highest BCUT2D eigenvalue weighted by Gasteiger charge is 2.41. The molecule has 2 aliphatic heterocycles. The van der Waals surface area contributed by atoms with Gasteiger partial charge >= 0.3 is 11.9 Å². The minimum atomic E-state index is -1.08. The van der Waals surface area contributed by atoms with Crippen LogP contribution in [0, 0.1) is 0 Å². The number of morpholine rings is 1. The number of hydrogen-bond donors (Lipinski definition) is 1. The molecule has 2 rings (SSSR count). The van der Waals surface area contributed by atoms with Gasteiger partial charge in [-0.1, -0.05) is 0 Å². The van der Waals surface area contributed by atoms with E-state index in [9.17, 15) is 14.4 Å². The van der Waals surface area contributed by atoms with Gasteiger partial charge in [-0.3, -0.25) is 4.79 Å². The van der Waals surface area contributed by atoms with Crippen LogP contribution in [0.5, 0.6) is 0 Å². The van der Waals surface area contributed by atoms with Crippen LogP contribution in [-0.4, -0.2) is 73.0 Å². The average Bonchev–Trinajstić information content (AvgIpc) is 2.95. The first-order chi connectivity index (χ1) is 9.54. The molecule has 0 aromatic rings. The van der Waals surface area contributed by atoms with Gasteiger partial charge in [0, 0.05) is 6.54 Å². The highest BCUT2D eigenvalue weighted by Crippen LogP contribution is 2.23. The molecule has 112 valence electrons. The van der Waals surface area contributed by atoms with Crippen LogP contribution in [-0.2, 0) is 28.6 Å². The summed E-state index contributed by atoms with van der Waals surface area (Å²) >= 11 is 0. The number of carbonyl (C=O) groups excluding carboxylic acids is 2. The molecule has 3 atom stereocenters. The van der Waals surface area contributed by atoms with E-state index < -0.39 is 30.2 Å². The molecule has 0 spiro atoms. The number of hydrogen-bond acceptors (Lipinski definition) is 6. The molecule has 1 amide bonds. The smallest absolute Gasteiger partial charge is 0.332 e. The van der Waals surface area contributed by atoms with Crippen LogP contribution < -0.4 is 0 Å². The molecule has 2 aliphatic rings. The second kappa shape index (κ2) is 6.19. The number of methoxy groups -OCH3 is 1. The van der Waals surface area contributed by atoms with Crippen molar-refractivity contribution < 1.29 is 33.7 Å². The molecular formula is C12H17NO7. The van der Waals surface area contributed by atoms with E-state index in [-0.39, 0.29) is 19.1 Å². The van der Waals surface area contributed by atoms with Gasteiger partial charge in [0.2, 0.25) is 0 Å². The molecular weight excluding hydrogens is 270 g/mol. The topological polar surface area (TPSA) is 102 Å². The first kappa shape index (κ1) is 14.7. The Hall–Kier alpha value is -1.67. The van der Waals surface area contributed by atoms with E-state index in [4.69, 9.17) is 14.6 Å². The summed E-state index contributed by atoms with van der Waals surface area (Å²) in [5.41, 5.74) is 0. The summed E-state index contributed by atoms with van der Waals surface area (Å²) < 4.78 is 15.0. The fourth-order valence-electron chi connectivity index (χ4n) is 2.38. The predicted molar refractivity (Wildman–Crippen MR) is 63.9 cm³/mol. The summed E-state index contributed by atoms with van der Waals surface area (Å²) in [5, 5.41) is 8.86. The maximum absolute atomic E-state index is 12.3. The summed E-state index contributed by atoms with van der Waals surface area (Å²) in [6.07, 6.45) is -1.15. The van der Waals surface area contributed by atoms with Crippen molar-refractivity contribution in [1.82, 2.24) is 4.90 Å². The van der Waals surface area contributed by atoms with E-state index in [1.807, 2.05) is 0 Å². The Balaban J connectivity index is 2.03. The molecule has 0 aromatic heterocycles. The van der Waals surface area contributed by atoms with Gasteiger partial charge in [0.25, 0.3) is 5.91 Å². The summed E-state index contributed by atoms with van der Waals surface area (Å²) in [4.78, 5) is 36.2. The first-order valence-corrected chi connectivity index (χ1v) is 6.39. The number of carbonyl (C=O) groups is 3. The molecule has 0 aliphatic carbocycles. The minimum absolute atomic E-state index is 0.0769. The standard InChI is InChI=1S/C12H17NO7/c1-18-12(17)7-6-19-5-4-13(7)10(14)8-2-3-9(20-8)11(15)16/h7-9H,2-6H2,1H3,(H,15,16)/t7?,8-,9+/m0/s1. The summed E-state index contributed by atoms with van der Waals surface area (Å²) in [5.74, 6) is -2.01. The number of carboxylic acid groups (broad SMARTS) is 1. The third-order valence-corrected chi connectivity index (χ3v) is 3.46. The van der Waals surface area contributed by atoms with Gasteiger partial charge in [0.05, 0.1) is 20.3 Å². The van der Waals surface area contributed by atoms with Crippen molar-refractivity contribution in [3.8, 4) is 0 Å². The van der Waals surface area contributed by atoms with Crippen molar-refractivity contribution in [2.24, 2.45) is 0 Å². The van der Waals surface area contributed by atoms with Gasteiger partial charge in [0.1, 0.15) is 6.10 Å². The van der Waals surface area contributed by atoms with Gasteiger partial charge in [-0.15, -0.1) is 0 Å². The minimum Gasteiger partial charge on any atom is -0.479 e. The Morgan fingerprint density at radius 3 is 2.55 bits per heavy atom. The van der Waals surface area contributed by atoms with E-state index in [0.29, 0.717) is 19.4 Å². The largest absolute Gasteiger partial charge is 0.479 e. The quantitative estimate of drug-likeness (QED) is 0.665. The Morgan fingerprint density at radius 2 is 1.95 bits per heavy atom. The lowest BCUT2D eigenvalue weighted by Crippen LogP contribution is -2.55. The SMILES string of the molecule is COC(=O)C1COCCN1C(=O)[C@@H]1CC[C@H](C(=O)O)O1. The van der Waals surface area contributed by atoms with Crippen molar-refractivity contribution in [1.29, 1.82) is 0 Å². The zero-order valence-corrected chi connectivity index (χ0v) is 11.1. The summed E-state index contributed by atoms with van der Waals surface area (Å²) in [6, 6.07) is -0.797. The average molecular weight is 287 g/mol. The second-order valence-electron chi connectivity index (χ2n) is 4.67. The van der Waals surface area contributed by atoms with Crippen molar-refractivity contribution >= 4 is 17.8 Å². The van der Waals surface area contributed by atoms with Crippen molar-refractivity contribution in [2.75, 3.05) is 26.9 Å². The predicted octanol–water partition coefficient (Wildman–Crippen LogP) is -0.981. The van der Waals surface area contributed by atoms with Gasteiger partial charge in [-0.2, -0.15) is 0 Å². The summed E-state index contributed by atoms with van der Waals surface area (Å²) in [6.45, 7) is 0.665. The molecule has 8 heteroatoms. The normalized spacial score (nSPS) is 30.1. The molecule has 1 N–H and O–H groups in total. The van der Waals surface area contributed by atoms with E-state index in [1.165, 1.54) is 12.0 Å². The lowest BCUT2D eigenvalue weighted by molar-refractivity contribution is -0.168. The maximum Gasteiger partial charge on any atom is 0.332 e. The Labute approximate surface area is 115 Å². The second-order valence-corrected chi connectivity index (χ2v) is 4.67. The Bertz CT molecular complexity index is 411. The number of esters is 1. The molecule has 0 aromatic carbocycles. The molecule has 0 saturated carbocycles.